The molecule has 3 nitrogen and oxygen atoms in total. The van der Waals surface area contributed by atoms with E-state index < -0.39 is 0 Å². The van der Waals surface area contributed by atoms with Crippen molar-refractivity contribution in [3.8, 4) is 0 Å². The molecule has 0 aliphatic rings. The van der Waals surface area contributed by atoms with Gasteiger partial charge >= 0.3 is 0 Å². The molecule has 0 aromatic carbocycles. The van der Waals surface area contributed by atoms with Crippen molar-refractivity contribution in [1.29, 1.82) is 0 Å². The fourth-order valence-corrected chi connectivity index (χ4v) is 1.32. The molecule has 0 fully saturated rings. The van der Waals surface area contributed by atoms with Crippen molar-refractivity contribution in [3.63, 3.8) is 0 Å². The number of carbonyl (C=O) groups excluding carboxylic acids is 1. The number of aromatic nitrogens is 1. The van der Waals surface area contributed by atoms with Crippen LogP contribution in [0.1, 0.15) is 32.8 Å². The van der Waals surface area contributed by atoms with Gasteiger partial charge in [-0.25, -0.2) is 0 Å². The zero-order valence-electron chi connectivity index (χ0n) is 10.4. The summed E-state index contributed by atoms with van der Waals surface area (Å²) in [5, 5.41) is 2.89. The summed E-state index contributed by atoms with van der Waals surface area (Å²) >= 11 is 0. The summed E-state index contributed by atoms with van der Waals surface area (Å²) < 4.78 is 0. The summed E-state index contributed by atoms with van der Waals surface area (Å²) in [6.45, 7) is 8.32. The van der Waals surface area contributed by atoms with Gasteiger partial charge in [-0.2, -0.15) is 0 Å². The Morgan fingerprint density at radius 1 is 1.44 bits per heavy atom. The summed E-state index contributed by atoms with van der Waals surface area (Å²) in [7, 11) is 0. The van der Waals surface area contributed by atoms with Crippen molar-refractivity contribution < 1.29 is 4.79 Å². The molecule has 3 heteroatoms. The molecule has 1 aromatic heterocycles. The van der Waals surface area contributed by atoms with E-state index in [-0.39, 0.29) is 5.91 Å². The molecule has 0 bridgehead atoms. The number of hydrogen-bond acceptors (Lipinski definition) is 2. The standard InChI is InChI=1S/C13H20N2O/c1-9(2)11(4)7-13(16)15-12-8-14-6-5-10(12)3/h5-6,8-9,11H,7H2,1-4H3,(H,15,16)/t11-/m0/s1. The van der Waals surface area contributed by atoms with Crippen LogP contribution in [-0.4, -0.2) is 10.9 Å². The van der Waals surface area contributed by atoms with Crippen LogP contribution in [-0.2, 0) is 4.79 Å². The quantitative estimate of drug-likeness (QED) is 0.847. The molecule has 0 saturated heterocycles. The molecule has 0 saturated carbocycles. The number of anilines is 1. The summed E-state index contributed by atoms with van der Waals surface area (Å²) in [5.41, 5.74) is 1.85. The van der Waals surface area contributed by atoms with Gasteiger partial charge in [-0.1, -0.05) is 20.8 Å². The maximum atomic E-state index is 11.7. The number of nitrogens with zero attached hydrogens (tertiary/aromatic N) is 1. The van der Waals surface area contributed by atoms with Gasteiger partial charge in [-0.15, -0.1) is 0 Å². The average Bonchev–Trinajstić information content (AvgIpc) is 2.21. The van der Waals surface area contributed by atoms with Gasteiger partial charge in [-0.3, -0.25) is 9.78 Å². The SMILES string of the molecule is Cc1ccncc1NC(=O)C[C@H](C)C(C)C. The predicted molar refractivity (Wildman–Crippen MR) is 66.2 cm³/mol. The van der Waals surface area contributed by atoms with Crippen LogP contribution in [0.3, 0.4) is 0 Å². The summed E-state index contributed by atoms with van der Waals surface area (Å²) in [4.78, 5) is 15.7. The molecule has 1 rings (SSSR count). The molecule has 1 amide bonds. The Hall–Kier alpha value is -1.38. The largest absolute Gasteiger partial charge is 0.325 e. The van der Waals surface area contributed by atoms with Crippen LogP contribution >= 0.6 is 0 Å². The summed E-state index contributed by atoms with van der Waals surface area (Å²) in [6, 6.07) is 1.89. The lowest BCUT2D eigenvalue weighted by atomic mass is 9.94. The van der Waals surface area contributed by atoms with Gasteiger partial charge < -0.3 is 5.32 Å². The van der Waals surface area contributed by atoms with Crippen LogP contribution in [0.2, 0.25) is 0 Å². The molecule has 1 N–H and O–H groups in total. The second-order valence-corrected chi connectivity index (χ2v) is 4.66. The maximum Gasteiger partial charge on any atom is 0.224 e. The minimum Gasteiger partial charge on any atom is -0.325 e. The van der Waals surface area contributed by atoms with Crippen molar-refractivity contribution in [2.24, 2.45) is 11.8 Å². The third-order valence-corrected chi connectivity index (χ3v) is 2.96. The van der Waals surface area contributed by atoms with E-state index in [9.17, 15) is 4.79 Å². The smallest absolute Gasteiger partial charge is 0.224 e. The molecular formula is C13H20N2O. The van der Waals surface area contributed by atoms with Crippen molar-refractivity contribution in [3.05, 3.63) is 24.0 Å². The molecule has 0 aliphatic carbocycles. The van der Waals surface area contributed by atoms with E-state index in [4.69, 9.17) is 0 Å². The molecule has 1 heterocycles. The molecule has 0 unspecified atom stereocenters. The Kier molecular flexibility index (Phi) is 4.47. The van der Waals surface area contributed by atoms with Crippen LogP contribution in [0.4, 0.5) is 5.69 Å². The topological polar surface area (TPSA) is 42.0 Å². The second-order valence-electron chi connectivity index (χ2n) is 4.66. The molecule has 1 aromatic rings. The van der Waals surface area contributed by atoms with Crippen LogP contribution in [0.25, 0.3) is 0 Å². The van der Waals surface area contributed by atoms with E-state index in [1.54, 1.807) is 12.4 Å². The normalized spacial score (nSPS) is 12.6. The summed E-state index contributed by atoms with van der Waals surface area (Å²) in [5.74, 6) is 0.995. The lowest BCUT2D eigenvalue weighted by molar-refractivity contribution is -0.117. The van der Waals surface area contributed by atoms with E-state index in [0.29, 0.717) is 18.3 Å². The fourth-order valence-electron chi connectivity index (χ4n) is 1.32. The number of carbonyl (C=O) groups is 1. The van der Waals surface area contributed by atoms with E-state index in [1.807, 2.05) is 13.0 Å². The molecule has 16 heavy (non-hydrogen) atoms. The van der Waals surface area contributed by atoms with Crippen LogP contribution in [0.5, 0.6) is 0 Å². The molecule has 1 atom stereocenters. The number of amides is 1. The highest BCUT2D eigenvalue weighted by molar-refractivity contribution is 5.91. The van der Waals surface area contributed by atoms with E-state index in [2.05, 4.69) is 31.1 Å². The Morgan fingerprint density at radius 2 is 2.12 bits per heavy atom. The van der Waals surface area contributed by atoms with Gasteiger partial charge in [0.2, 0.25) is 5.91 Å². The van der Waals surface area contributed by atoms with Gasteiger partial charge in [0.25, 0.3) is 0 Å². The third-order valence-electron chi connectivity index (χ3n) is 2.96. The van der Waals surface area contributed by atoms with E-state index in [0.717, 1.165) is 11.3 Å². The number of pyridine rings is 1. The highest BCUT2D eigenvalue weighted by Gasteiger charge is 2.13. The number of nitrogens with one attached hydrogen (secondary N) is 1. The first-order valence-electron chi connectivity index (χ1n) is 5.71. The first-order chi connectivity index (χ1) is 7.50. The zero-order chi connectivity index (χ0) is 12.1. The van der Waals surface area contributed by atoms with Gasteiger partial charge in [0, 0.05) is 12.6 Å². The van der Waals surface area contributed by atoms with Gasteiger partial charge in [-0.05, 0) is 30.4 Å². The lowest BCUT2D eigenvalue weighted by Crippen LogP contribution is -2.18. The first-order valence-corrected chi connectivity index (χ1v) is 5.71. The zero-order valence-corrected chi connectivity index (χ0v) is 10.4. The number of rotatable bonds is 4. The highest BCUT2D eigenvalue weighted by atomic mass is 16.1. The van der Waals surface area contributed by atoms with E-state index in [1.165, 1.54) is 0 Å². The highest BCUT2D eigenvalue weighted by Crippen LogP contribution is 2.16. The van der Waals surface area contributed by atoms with Gasteiger partial charge in [0.1, 0.15) is 0 Å². The maximum absolute atomic E-state index is 11.7. The molecule has 0 spiro atoms. The van der Waals surface area contributed by atoms with Crippen molar-refractivity contribution in [1.82, 2.24) is 4.98 Å². The van der Waals surface area contributed by atoms with Crippen LogP contribution in [0, 0.1) is 18.8 Å². The first kappa shape index (κ1) is 12.7. The molecule has 0 radical (unpaired) electrons. The Labute approximate surface area is 97.3 Å². The van der Waals surface area contributed by atoms with Crippen LogP contribution in [0.15, 0.2) is 18.5 Å². The molecule has 88 valence electrons. The number of aryl methyl sites for hydroxylation is 1. The third kappa shape index (κ3) is 3.65. The molecule has 0 aliphatic heterocycles. The number of hydrogen-bond donors (Lipinski definition) is 1. The fraction of sp³-hybridized carbons (Fsp3) is 0.538. The van der Waals surface area contributed by atoms with Gasteiger partial charge in [0.15, 0.2) is 0 Å². The lowest BCUT2D eigenvalue weighted by Gasteiger charge is -2.15. The average molecular weight is 220 g/mol. The van der Waals surface area contributed by atoms with Crippen molar-refractivity contribution >= 4 is 11.6 Å². The summed E-state index contributed by atoms with van der Waals surface area (Å²) in [6.07, 6.45) is 3.97. The van der Waals surface area contributed by atoms with Crippen LogP contribution < -0.4 is 5.32 Å². The Balaban J connectivity index is 2.55. The molecular weight excluding hydrogens is 200 g/mol. The second kappa shape index (κ2) is 5.64. The minimum atomic E-state index is 0.0669. The van der Waals surface area contributed by atoms with Crippen molar-refractivity contribution in [2.45, 2.75) is 34.1 Å². The van der Waals surface area contributed by atoms with Crippen molar-refractivity contribution in [2.75, 3.05) is 5.32 Å². The Morgan fingerprint density at radius 3 is 2.69 bits per heavy atom. The monoisotopic (exact) mass is 220 g/mol. The van der Waals surface area contributed by atoms with Gasteiger partial charge in [0.05, 0.1) is 11.9 Å². The Bertz CT molecular complexity index is 361. The predicted octanol–water partition coefficient (Wildman–Crippen LogP) is 3.01. The minimum absolute atomic E-state index is 0.0669. The van der Waals surface area contributed by atoms with E-state index >= 15 is 0 Å².